The van der Waals surface area contributed by atoms with E-state index >= 15 is 0 Å². The van der Waals surface area contributed by atoms with Gasteiger partial charge in [-0.15, -0.1) is 0 Å². The van der Waals surface area contributed by atoms with E-state index < -0.39 is 5.60 Å². The average Bonchev–Trinajstić information content (AvgIpc) is 2.76. The summed E-state index contributed by atoms with van der Waals surface area (Å²) in [7, 11) is 1.96. The molecule has 1 saturated heterocycles. The lowest BCUT2D eigenvalue weighted by Gasteiger charge is -2.36. The number of nitrogens with zero attached hydrogens (tertiary/aromatic N) is 2. The van der Waals surface area contributed by atoms with Gasteiger partial charge in [-0.05, 0) is 18.9 Å². The van der Waals surface area contributed by atoms with Crippen LogP contribution in [0.3, 0.4) is 0 Å². The van der Waals surface area contributed by atoms with Gasteiger partial charge in [0.05, 0.1) is 22.9 Å². The van der Waals surface area contributed by atoms with E-state index in [0.717, 1.165) is 29.4 Å². The van der Waals surface area contributed by atoms with Crippen LogP contribution in [0.15, 0.2) is 24.3 Å². The number of rotatable bonds is 4. The molecule has 1 fully saturated rings. The zero-order valence-corrected chi connectivity index (χ0v) is 12.9. The van der Waals surface area contributed by atoms with Crippen LogP contribution in [0.2, 0.25) is 0 Å². The van der Waals surface area contributed by atoms with Crippen molar-refractivity contribution in [1.82, 2.24) is 9.78 Å². The summed E-state index contributed by atoms with van der Waals surface area (Å²) in [5.41, 5.74) is 1.43. The summed E-state index contributed by atoms with van der Waals surface area (Å²) in [6, 6.07) is 8.21. The summed E-state index contributed by atoms with van der Waals surface area (Å²) in [6.45, 7) is 2.80. The summed E-state index contributed by atoms with van der Waals surface area (Å²) in [5.74, 6) is 0. The fourth-order valence-electron chi connectivity index (χ4n) is 3.40. The van der Waals surface area contributed by atoms with Crippen molar-refractivity contribution in [3.8, 4) is 0 Å². The maximum Gasteiger partial charge on any atom is 0.0750 e. The molecule has 0 saturated carbocycles. The first-order valence-corrected chi connectivity index (χ1v) is 7.86. The first-order chi connectivity index (χ1) is 10.1. The van der Waals surface area contributed by atoms with Crippen LogP contribution in [0, 0.1) is 0 Å². The van der Waals surface area contributed by atoms with Crippen LogP contribution in [-0.4, -0.2) is 33.2 Å². The highest BCUT2D eigenvalue weighted by molar-refractivity contribution is 5.81. The molecular formula is C17H24N2O2. The number of para-hydroxylation sites is 1. The molecule has 2 heterocycles. The molecule has 1 aliphatic heterocycles. The number of hydrogen-bond donors (Lipinski definition) is 1. The highest BCUT2D eigenvalue weighted by Crippen LogP contribution is 2.32. The molecule has 2 aromatic rings. The molecule has 0 radical (unpaired) electrons. The predicted octanol–water partition coefficient (Wildman–Crippen LogP) is 2.83. The van der Waals surface area contributed by atoms with Crippen molar-refractivity contribution < 1.29 is 9.84 Å². The third-order valence-electron chi connectivity index (χ3n) is 4.47. The van der Waals surface area contributed by atoms with Crippen LogP contribution in [0.25, 0.3) is 10.9 Å². The lowest BCUT2D eigenvalue weighted by atomic mass is 9.84. The van der Waals surface area contributed by atoms with Crippen molar-refractivity contribution in [1.29, 1.82) is 0 Å². The second-order valence-corrected chi connectivity index (χ2v) is 6.22. The Morgan fingerprint density at radius 2 is 2.24 bits per heavy atom. The number of aliphatic hydroxyl groups is 1. The van der Waals surface area contributed by atoms with Crippen LogP contribution in [0.1, 0.15) is 38.3 Å². The monoisotopic (exact) mass is 288 g/mol. The summed E-state index contributed by atoms with van der Waals surface area (Å²) in [5, 5.41) is 16.7. The normalized spacial score (nSPS) is 26.3. The zero-order chi connectivity index (χ0) is 14.9. The Morgan fingerprint density at radius 1 is 1.43 bits per heavy atom. The van der Waals surface area contributed by atoms with Crippen molar-refractivity contribution in [3.05, 3.63) is 30.0 Å². The van der Waals surface area contributed by atoms with E-state index in [1.165, 1.54) is 0 Å². The van der Waals surface area contributed by atoms with Gasteiger partial charge in [0.2, 0.25) is 0 Å². The molecule has 2 atom stereocenters. The van der Waals surface area contributed by atoms with E-state index in [0.29, 0.717) is 25.9 Å². The molecule has 1 aromatic heterocycles. The third kappa shape index (κ3) is 2.97. The summed E-state index contributed by atoms with van der Waals surface area (Å²) >= 11 is 0. The minimum Gasteiger partial charge on any atom is -0.389 e. The maximum absolute atomic E-state index is 11.0. The molecule has 21 heavy (non-hydrogen) atoms. The zero-order valence-electron chi connectivity index (χ0n) is 12.9. The number of aryl methyl sites for hydroxylation is 1. The van der Waals surface area contributed by atoms with Gasteiger partial charge in [0.1, 0.15) is 0 Å². The molecule has 4 heteroatoms. The molecule has 114 valence electrons. The fraction of sp³-hybridized carbons (Fsp3) is 0.588. The van der Waals surface area contributed by atoms with E-state index in [2.05, 4.69) is 24.2 Å². The van der Waals surface area contributed by atoms with Gasteiger partial charge in [0.15, 0.2) is 0 Å². The highest BCUT2D eigenvalue weighted by Gasteiger charge is 2.36. The average molecular weight is 288 g/mol. The largest absolute Gasteiger partial charge is 0.389 e. The van der Waals surface area contributed by atoms with Crippen LogP contribution in [-0.2, 0) is 18.2 Å². The first kappa shape index (κ1) is 14.5. The van der Waals surface area contributed by atoms with Gasteiger partial charge in [-0.1, -0.05) is 31.5 Å². The van der Waals surface area contributed by atoms with Crippen LogP contribution in [0.5, 0.6) is 0 Å². The van der Waals surface area contributed by atoms with Gasteiger partial charge < -0.3 is 9.84 Å². The van der Waals surface area contributed by atoms with Gasteiger partial charge in [-0.2, -0.15) is 5.10 Å². The second-order valence-electron chi connectivity index (χ2n) is 6.22. The standard InChI is InChI=1S/C17H24N2O2/c1-3-6-13-11-17(20,9-10-21-13)12-15-14-7-4-5-8-16(14)19(2)18-15/h4-5,7-8,13,20H,3,6,9-12H2,1-2H3. The number of benzene rings is 1. The minimum atomic E-state index is -0.685. The Labute approximate surface area is 125 Å². The number of ether oxygens (including phenoxy) is 1. The molecule has 2 unspecified atom stereocenters. The van der Waals surface area contributed by atoms with Crippen molar-refractivity contribution in [2.45, 2.75) is 50.7 Å². The van der Waals surface area contributed by atoms with E-state index in [-0.39, 0.29) is 6.10 Å². The molecule has 0 bridgehead atoms. The molecule has 4 nitrogen and oxygen atoms in total. The Bertz CT molecular complexity index is 620. The molecule has 1 N–H and O–H groups in total. The molecule has 3 rings (SSSR count). The van der Waals surface area contributed by atoms with Crippen LogP contribution in [0.4, 0.5) is 0 Å². The fourth-order valence-corrected chi connectivity index (χ4v) is 3.40. The van der Waals surface area contributed by atoms with Crippen molar-refractivity contribution in [2.75, 3.05) is 6.61 Å². The van der Waals surface area contributed by atoms with E-state index in [1.807, 2.05) is 23.9 Å². The van der Waals surface area contributed by atoms with Gasteiger partial charge >= 0.3 is 0 Å². The van der Waals surface area contributed by atoms with Crippen LogP contribution >= 0.6 is 0 Å². The summed E-state index contributed by atoms with van der Waals surface area (Å²) in [6.07, 6.45) is 4.31. The van der Waals surface area contributed by atoms with E-state index in [4.69, 9.17) is 4.74 Å². The lowest BCUT2D eigenvalue weighted by Crippen LogP contribution is -2.42. The Balaban J connectivity index is 1.84. The maximum atomic E-state index is 11.0. The number of hydrogen-bond acceptors (Lipinski definition) is 3. The molecule has 1 aromatic carbocycles. The Hall–Kier alpha value is -1.39. The third-order valence-corrected chi connectivity index (χ3v) is 4.47. The SMILES string of the molecule is CCCC1CC(O)(Cc2nn(C)c3ccccc23)CCO1. The lowest BCUT2D eigenvalue weighted by molar-refractivity contribution is -0.105. The quantitative estimate of drug-likeness (QED) is 0.941. The van der Waals surface area contributed by atoms with E-state index in [9.17, 15) is 5.11 Å². The highest BCUT2D eigenvalue weighted by atomic mass is 16.5. The molecule has 0 spiro atoms. The molecule has 0 amide bonds. The summed E-state index contributed by atoms with van der Waals surface area (Å²) in [4.78, 5) is 0. The van der Waals surface area contributed by atoms with Crippen molar-refractivity contribution in [2.24, 2.45) is 7.05 Å². The number of fused-ring (bicyclic) bond motifs is 1. The predicted molar refractivity (Wildman–Crippen MR) is 83.2 cm³/mol. The van der Waals surface area contributed by atoms with Gasteiger partial charge in [-0.3, -0.25) is 4.68 Å². The second kappa shape index (κ2) is 5.78. The van der Waals surface area contributed by atoms with E-state index in [1.54, 1.807) is 0 Å². The van der Waals surface area contributed by atoms with Gasteiger partial charge in [-0.25, -0.2) is 0 Å². The molecule has 1 aliphatic rings. The number of aromatic nitrogens is 2. The van der Waals surface area contributed by atoms with Crippen LogP contribution < -0.4 is 0 Å². The topological polar surface area (TPSA) is 47.3 Å². The minimum absolute atomic E-state index is 0.184. The van der Waals surface area contributed by atoms with Gasteiger partial charge in [0.25, 0.3) is 0 Å². The molecular weight excluding hydrogens is 264 g/mol. The van der Waals surface area contributed by atoms with Crippen molar-refractivity contribution >= 4 is 10.9 Å². The molecule has 0 aliphatic carbocycles. The first-order valence-electron chi connectivity index (χ1n) is 7.86. The summed E-state index contributed by atoms with van der Waals surface area (Å²) < 4.78 is 7.66. The van der Waals surface area contributed by atoms with Gasteiger partial charge in [0, 0.05) is 31.9 Å². The Kier molecular flexibility index (Phi) is 4.00. The van der Waals surface area contributed by atoms with Crippen molar-refractivity contribution in [3.63, 3.8) is 0 Å². The Morgan fingerprint density at radius 3 is 3.05 bits per heavy atom. The smallest absolute Gasteiger partial charge is 0.0750 e.